The summed E-state index contributed by atoms with van der Waals surface area (Å²) in [5, 5.41) is 13.7. The van der Waals surface area contributed by atoms with Crippen LogP contribution in [0.15, 0.2) is 55.6 Å². The van der Waals surface area contributed by atoms with E-state index in [0.29, 0.717) is 44.3 Å². The van der Waals surface area contributed by atoms with Crippen molar-refractivity contribution in [3.63, 3.8) is 0 Å². The summed E-state index contributed by atoms with van der Waals surface area (Å²) >= 11 is 0. The number of amides is 3. The maximum absolute atomic E-state index is 14.8. The molecule has 3 heterocycles. The molecular formula is C39H57N3O8. The molecule has 0 radical (unpaired) electrons. The molecule has 1 aromatic rings. The third-order valence-electron chi connectivity index (χ3n) is 10.8. The van der Waals surface area contributed by atoms with Crippen LogP contribution in [0.25, 0.3) is 0 Å². The summed E-state index contributed by atoms with van der Waals surface area (Å²) in [5.74, 6) is -3.56. The highest BCUT2D eigenvalue weighted by atomic mass is 16.6. The molecule has 3 aliphatic rings. The molecule has 4 rings (SSSR count). The van der Waals surface area contributed by atoms with Crippen molar-refractivity contribution in [2.75, 3.05) is 33.4 Å². The third-order valence-corrected chi connectivity index (χ3v) is 10.8. The predicted octanol–water partition coefficient (Wildman–Crippen LogP) is 4.35. The van der Waals surface area contributed by atoms with Crippen LogP contribution in [0, 0.1) is 17.8 Å². The van der Waals surface area contributed by atoms with Gasteiger partial charge in [-0.1, -0.05) is 82.5 Å². The Morgan fingerprint density at radius 2 is 1.92 bits per heavy atom. The summed E-state index contributed by atoms with van der Waals surface area (Å²) < 4.78 is 18.5. The van der Waals surface area contributed by atoms with E-state index in [2.05, 4.69) is 25.4 Å². The molecule has 50 heavy (non-hydrogen) atoms. The second-order valence-electron chi connectivity index (χ2n) is 13.9. The largest absolute Gasteiger partial charge is 0.455 e. The molecule has 3 aliphatic heterocycles. The first-order chi connectivity index (χ1) is 24.1. The number of unbranched alkanes of at least 4 members (excludes halogenated alkanes) is 2. The van der Waals surface area contributed by atoms with Crippen LogP contribution in [-0.4, -0.2) is 102 Å². The zero-order valence-corrected chi connectivity index (χ0v) is 30.3. The Bertz CT molecular complexity index is 1340. The maximum Gasteiger partial charge on any atom is 0.313 e. The Hall–Kier alpha value is -3.54. The summed E-state index contributed by atoms with van der Waals surface area (Å²) in [6, 6.07) is 6.75. The van der Waals surface area contributed by atoms with Crippen molar-refractivity contribution in [2.24, 2.45) is 17.8 Å². The van der Waals surface area contributed by atoms with E-state index in [1.807, 2.05) is 44.2 Å². The van der Waals surface area contributed by atoms with Gasteiger partial charge in [-0.3, -0.25) is 19.2 Å². The number of fused-ring (bicyclic) bond motifs is 1. The molecule has 0 aliphatic carbocycles. The smallest absolute Gasteiger partial charge is 0.313 e. The molecule has 0 saturated carbocycles. The van der Waals surface area contributed by atoms with Gasteiger partial charge in [0.15, 0.2) is 0 Å². The number of likely N-dealkylation sites (tertiary alicyclic amines) is 1. The number of rotatable bonds is 21. The van der Waals surface area contributed by atoms with Gasteiger partial charge in [0.1, 0.15) is 17.7 Å². The molecule has 3 amide bonds. The minimum atomic E-state index is -1.25. The van der Waals surface area contributed by atoms with Crippen LogP contribution in [0.4, 0.5) is 0 Å². The number of aliphatic hydroxyl groups excluding tert-OH is 1. The minimum Gasteiger partial charge on any atom is -0.455 e. The Labute approximate surface area is 297 Å². The first kappa shape index (κ1) is 39.2. The van der Waals surface area contributed by atoms with Gasteiger partial charge in [0.05, 0.1) is 43.2 Å². The monoisotopic (exact) mass is 695 g/mol. The lowest BCUT2D eigenvalue weighted by Gasteiger charge is -2.41. The normalized spacial score (nSPS) is 26.1. The fourth-order valence-electron chi connectivity index (χ4n) is 8.11. The molecule has 9 atom stereocenters. The van der Waals surface area contributed by atoms with Gasteiger partial charge < -0.3 is 34.4 Å². The first-order valence-corrected chi connectivity index (χ1v) is 18.3. The fraction of sp³-hybridized carbons (Fsp3) is 0.641. The molecule has 1 aromatic carbocycles. The van der Waals surface area contributed by atoms with E-state index in [-0.39, 0.29) is 43.3 Å². The lowest BCUT2D eigenvalue weighted by atomic mass is 9.70. The van der Waals surface area contributed by atoms with Crippen LogP contribution in [0.2, 0.25) is 0 Å². The molecule has 11 nitrogen and oxygen atoms in total. The second-order valence-corrected chi connectivity index (χ2v) is 13.9. The topological polar surface area (TPSA) is 135 Å². The van der Waals surface area contributed by atoms with E-state index >= 15 is 0 Å². The van der Waals surface area contributed by atoms with Crippen LogP contribution in [0.5, 0.6) is 0 Å². The van der Waals surface area contributed by atoms with E-state index in [4.69, 9.17) is 14.2 Å². The molecular weight excluding hydrogens is 638 g/mol. The van der Waals surface area contributed by atoms with Gasteiger partial charge in [-0.25, -0.2) is 0 Å². The van der Waals surface area contributed by atoms with Crippen molar-refractivity contribution in [1.82, 2.24) is 15.1 Å². The van der Waals surface area contributed by atoms with Gasteiger partial charge in [0.2, 0.25) is 17.7 Å². The summed E-state index contributed by atoms with van der Waals surface area (Å²) in [7, 11) is 1.51. The fourth-order valence-corrected chi connectivity index (χ4v) is 8.11. The number of hydrogen-bond donors (Lipinski definition) is 2. The highest BCUT2D eigenvalue weighted by Crippen LogP contribution is 2.59. The van der Waals surface area contributed by atoms with Crippen LogP contribution in [0.1, 0.15) is 83.8 Å². The average Bonchev–Trinajstić information content (AvgIpc) is 3.77. The highest BCUT2D eigenvalue weighted by Gasteiger charge is 2.76. The first-order valence-electron chi connectivity index (χ1n) is 18.3. The quantitative estimate of drug-likeness (QED) is 0.110. The number of aliphatic hydroxyl groups is 1. The molecule has 3 saturated heterocycles. The lowest BCUT2D eigenvalue weighted by Crippen LogP contribution is -2.59. The van der Waals surface area contributed by atoms with Gasteiger partial charge in [-0.2, -0.15) is 0 Å². The third kappa shape index (κ3) is 8.00. The maximum atomic E-state index is 14.8. The second kappa shape index (κ2) is 18.1. The van der Waals surface area contributed by atoms with Gasteiger partial charge >= 0.3 is 5.97 Å². The van der Waals surface area contributed by atoms with Crippen molar-refractivity contribution in [3.8, 4) is 0 Å². The minimum absolute atomic E-state index is 0.0676. The van der Waals surface area contributed by atoms with Crippen LogP contribution in [-0.2, 0) is 33.4 Å². The van der Waals surface area contributed by atoms with Crippen molar-refractivity contribution in [2.45, 2.75) is 108 Å². The van der Waals surface area contributed by atoms with Crippen LogP contribution in [0.3, 0.4) is 0 Å². The lowest BCUT2D eigenvalue weighted by molar-refractivity contribution is -0.164. The van der Waals surface area contributed by atoms with Crippen molar-refractivity contribution < 1.29 is 38.5 Å². The number of ether oxygens (including phenoxy) is 3. The van der Waals surface area contributed by atoms with Crippen molar-refractivity contribution >= 4 is 23.7 Å². The Morgan fingerprint density at radius 1 is 1.18 bits per heavy atom. The van der Waals surface area contributed by atoms with Crippen LogP contribution < -0.4 is 5.32 Å². The average molecular weight is 696 g/mol. The number of methoxy groups -OCH3 is 1. The number of benzene rings is 1. The van der Waals surface area contributed by atoms with Gasteiger partial charge in [0.25, 0.3) is 0 Å². The van der Waals surface area contributed by atoms with Crippen molar-refractivity contribution in [3.05, 3.63) is 61.2 Å². The van der Waals surface area contributed by atoms with Gasteiger partial charge in [0, 0.05) is 26.6 Å². The van der Waals surface area contributed by atoms with E-state index < -0.39 is 53.7 Å². The summed E-state index contributed by atoms with van der Waals surface area (Å²) in [6.07, 6.45) is 6.79. The number of carbonyl (C=O) groups is 4. The Morgan fingerprint density at radius 3 is 2.54 bits per heavy atom. The number of nitrogens with zero attached hydrogens (tertiary/aromatic N) is 2. The summed E-state index contributed by atoms with van der Waals surface area (Å²) in [4.78, 5) is 60.1. The zero-order chi connectivity index (χ0) is 36.4. The van der Waals surface area contributed by atoms with Gasteiger partial charge in [-0.05, 0) is 37.2 Å². The predicted molar refractivity (Wildman–Crippen MR) is 190 cm³/mol. The standard InChI is InChI=1S/C39H57N3O8/c1-7-11-16-23-41(22-9-3)37(46)35-39-21-20-30(50-39)32(33(39)36(45)42(35)29(24-43)26(5)10-4)38(47)49-34(27-17-14-13-15-18-27)28(25-48-6)40-31(44)19-12-8-2/h8-9,13-15,17-18,26,28-30,32-35,43H,2-3,7,10-12,16,19-25H2,1,4-6H3,(H,40,44)/t26-,28-,29-,30-,32+,33+,34-,35-,39+/m0/s1. The molecule has 11 heteroatoms. The molecule has 2 N–H and O–H groups in total. The SMILES string of the molecule is C=CCCC(=O)N[C@@H](COC)[C@@H](OC(=O)[C@@H]1[C@@H]2CC[C@]3(O2)[C@H](C(=O)N(CC=C)CCCCC)N([C@@H](CO)[C@@H](C)CC)C(=O)[C@@H]13)c1ccccc1. The van der Waals surface area contributed by atoms with E-state index in [1.165, 1.54) is 7.11 Å². The number of allylic oxidation sites excluding steroid dienone is 1. The molecule has 3 fully saturated rings. The van der Waals surface area contributed by atoms with Crippen LogP contribution >= 0.6 is 0 Å². The Kier molecular flexibility index (Phi) is 14.2. The summed E-state index contributed by atoms with van der Waals surface area (Å²) in [5.41, 5.74) is -0.594. The van der Waals surface area contributed by atoms with E-state index in [0.717, 1.165) is 19.3 Å². The van der Waals surface area contributed by atoms with E-state index in [9.17, 15) is 24.3 Å². The molecule has 2 bridgehead atoms. The molecule has 276 valence electrons. The highest BCUT2D eigenvalue weighted by molar-refractivity contribution is 5.98. The molecule has 1 spiro atoms. The number of hydrogen-bond acceptors (Lipinski definition) is 8. The zero-order valence-electron chi connectivity index (χ0n) is 30.3. The number of carbonyl (C=O) groups excluding carboxylic acids is 4. The Balaban J connectivity index is 1.73. The number of nitrogens with one attached hydrogen (secondary N) is 1. The van der Waals surface area contributed by atoms with Gasteiger partial charge in [-0.15, -0.1) is 13.2 Å². The summed E-state index contributed by atoms with van der Waals surface area (Å²) in [6.45, 7) is 14.2. The molecule has 0 unspecified atom stereocenters. The number of esters is 1. The van der Waals surface area contributed by atoms with E-state index in [1.54, 1.807) is 22.0 Å². The van der Waals surface area contributed by atoms with Crippen molar-refractivity contribution in [1.29, 1.82) is 0 Å². The molecule has 0 aromatic heterocycles.